The van der Waals surface area contributed by atoms with Crippen LogP contribution in [0.5, 0.6) is 0 Å². The molecule has 0 atom stereocenters. The van der Waals surface area contributed by atoms with Crippen LogP contribution in [0.4, 0.5) is 4.39 Å². The minimum absolute atomic E-state index is 0. The molecule has 0 radical (unpaired) electrons. The standard InChI is InChI=1S/C17H25FN2O.ClH/c1-13-12-14(18)8-9-16(13)17(21)20-11-10-19-15-6-4-2-3-5-7-15;/h8-9,12,15,19H,2-7,10-11H2,1H3,(H,20,21);1H. The molecule has 124 valence electrons. The van der Waals surface area contributed by atoms with Crippen molar-refractivity contribution < 1.29 is 9.18 Å². The van der Waals surface area contributed by atoms with Crippen LogP contribution in [0.3, 0.4) is 0 Å². The zero-order valence-corrected chi connectivity index (χ0v) is 14.0. The molecule has 1 aromatic rings. The van der Waals surface area contributed by atoms with Crippen molar-refractivity contribution in [2.75, 3.05) is 13.1 Å². The summed E-state index contributed by atoms with van der Waals surface area (Å²) in [6, 6.07) is 4.85. The van der Waals surface area contributed by atoms with E-state index in [9.17, 15) is 9.18 Å². The molecule has 1 aromatic carbocycles. The van der Waals surface area contributed by atoms with Crippen LogP contribution in [-0.4, -0.2) is 25.0 Å². The SMILES string of the molecule is Cc1cc(F)ccc1C(=O)NCCNC1CCCCCC1.Cl. The van der Waals surface area contributed by atoms with E-state index in [1.165, 1.54) is 50.7 Å². The van der Waals surface area contributed by atoms with Crippen LogP contribution in [0, 0.1) is 12.7 Å². The van der Waals surface area contributed by atoms with Crippen LogP contribution in [-0.2, 0) is 0 Å². The number of aryl methyl sites for hydroxylation is 1. The summed E-state index contributed by atoms with van der Waals surface area (Å²) < 4.78 is 13.0. The van der Waals surface area contributed by atoms with E-state index in [0.717, 1.165) is 6.54 Å². The second-order valence-electron chi connectivity index (χ2n) is 5.86. The van der Waals surface area contributed by atoms with Gasteiger partial charge in [0.05, 0.1) is 0 Å². The maximum absolute atomic E-state index is 13.0. The van der Waals surface area contributed by atoms with Gasteiger partial charge >= 0.3 is 0 Å². The topological polar surface area (TPSA) is 41.1 Å². The zero-order valence-electron chi connectivity index (χ0n) is 13.2. The summed E-state index contributed by atoms with van der Waals surface area (Å²) in [5.41, 5.74) is 1.22. The van der Waals surface area contributed by atoms with Gasteiger partial charge in [-0.15, -0.1) is 12.4 Å². The van der Waals surface area contributed by atoms with Gasteiger partial charge in [0.1, 0.15) is 5.82 Å². The number of halogens is 2. The lowest BCUT2D eigenvalue weighted by Gasteiger charge is -2.16. The highest BCUT2D eigenvalue weighted by Crippen LogP contribution is 2.16. The Hall–Kier alpha value is -1.13. The first-order chi connectivity index (χ1) is 10.2. The first-order valence-electron chi connectivity index (χ1n) is 7.94. The number of nitrogens with one attached hydrogen (secondary N) is 2. The molecule has 2 rings (SSSR count). The van der Waals surface area contributed by atoms with Crippen LogP contribution < -0.4 is 10.6 Å². The van der Waals surface area contributed by atoms with Gasteiger partial charge in [-0.05, 0) is 43.5 Å². The van der Waals surface area contributed by atoms with Crippen molar-refractivity contribution in [3.63, 3.8) is 0 Å². The van der Waals surface area contributed by atoms with E-state index in [1.54, 1.807) is 13.0 Å². The van der Waals surface area contributed by atoms with E-state index in [0.29, 0.717) is 23.7 Å². The average Bonchev–Trinajstić information content (AvgIpc) is 2.72. The highest BCUT2D eigenvalue weighted by molar-refractivity contribution is 5.95. The molecule has 1 fully saturated rings. The van der Waals surface area contributed by atoms with Crippen LogP contribution in [0.15, 0.2) is 18.2 Å². The molecule has 0 spiro atoms. The molecule has 0 saturated heterocycles. The molecule has 0 bridgehead atoms. The van der Waals surface area contributed by atoms with Gasteiger partial charge < -0.3 is 10.6 Å². The molecule has 2 N–H and O–H groups in total. The van der Waals surface area contributed by atoms with E-state index in [4.69, 9.17) is 0 Å². The van der Waals surface area contributed by atoms with Crippen molar-refractivity contribution in [3.8, 4) is 0 Å². The predicted molar refractivity (Wildman–Crippen MR) is 90.2 cm³/mol. The lowest BCUT2D eigenvalue weighted by atomic mass is 10.1. The maximum Gasteiger partial charge on any atom is 0.251 e. The van der Waals surface area contributed by atoms with Crippen LogP contribution in [0.1, 0.15) is 54.4 Å². The first-order valence-corrected chi connectivity index (χ1v) is 7.94. The molecule has 0 unspecified atom stereocenters. The van der Waals surface area contributed by atoms with Gasteiger partial charge in [0, 0.05) is 24.7 Å². The monoisotopic (exact) mass is 328 g/mol. The number of amides is 1. The number of carbonyl (C=O) groups is 1. The fraction of sp³-hybridized carbons (Fsp3) is 0.588. The Morgan fingerprint density at radius 3 is 2.50 bits per heavy atom. The molecule has 1 amide bonds. The number of rotatable bonds is 5. The van der Waals surface area contributed by atoms with Crippen molar-refractivity contribution in [2.45, 2.75) is 51.5 Å². The molecular weight excluding hydrogens is 303 g/mol. The fourth-order valence-corrected chi connectivity index (χ4v) is 2.91. The van der Waals surface area contributed by atoms with Crippen molar-refractivity contribution in [1.29, 1.82) is 0 Å². The molecule has 0 aliphatic heterocycles. The molecule has 22 heavy (non-hydrogen) atoms. The molecular formula is C17H26ClFN2O. The second kappa shape index (κ2) is 9.80. The Kier molecular flexibility index (Phi) is 8.43. The Labute approximate surface area is 138 Å². The molecule has 1 aliphatic carbocycles. The summed E-state index contributed by atoms with van der Waals surface area (Å²) in [6.45, 7) is 3.14. The third-order valence-corrected chi connectivity index (χ3v) is 4.13. The average molecular weight is 329 g/mol. The third-order valence-electron chi connectivity index (χ3n) is 4.13. The Bertz CT molecular complexity index is 474. The second-order valence-corrected chi connectivity index (χ2v) is 5.86. The summed E-state index contributed by atoms with van der Waals surface area (Å²) in [5, 5.41) is 6.41. The van der Waals surface area contributed by atoms with Crippen molar-refractivity contribution in [1.82, 2.24) is 10.6 Å². The first kappa shape index (κ1) is 18.9. The van der Waals surface area contributed by atoms with Crippen molar-refractivity contribution in [3.05, 3.63) is 35.1 Å². The van der Waals surface area contributed by atoms with E-state index >= 15 is 0 Å². The number of carbonyl (C=O) groups excluding carboxylic acids is 1. The smallest absolute Gasteiger partial charge is 0.251 e. The third kappa shape index (κ3) is 5.93. The molecule has 3 nitrogen and oxygen atoms in total. The van der Waals surface area contributed by atoms with Gasteiger partial charge in [-0.25, -0.2) is 4.39 Å². The summed E-state index contributed by atoms with van der Waals surface area (Å²) in [5.74, 6) is -0.436. The van der Waals surface area contributed by atoms with Gasteiger partial charge in [0.25, 0.3) is 5.91 Å². The largest absolute Gasteiger partial charge is 0.351 e. The van der Waals surface area contributed by atoms with Crippen molar-refractivity contribution >= 4 is 18.3 Å². The van der Waals surface area contributed by atoms with Crippen molar-refractivity contribution in [2.24, 2.45) is 0 Å². The summed E-state index contributed by atoms with van der Waals surface area (Å²) in [6.07, 6.45) is 7.78. The lowest BCUT2D eigenvalue weighted by Crippen LogP contribution is -2.37. The minimum Gasteiger partial charge on any atom is -0.351 e. The van der Waals surface area contributed by atoms with E-state index in [1.807, 2.05) is 0 Å². The van der Waals surface area contributed by atoms with Gasteiger partial charge in [0.15, 0.2) is 0 Å². The predicted octanol–water partition coefficient (Wildman–Crippen LogP) is 3.60. The molecule has 5 heteroatoms. The quantitative estimate of drug-likeness (QED) is 0.640. The Morgan fingerprint density at radius 1 is 1.18 bits per heavy atom. The van der Waals surface area contributed by atoms with Gasteiger partial charge in [-0.3, -0.25) is 4.79 Å². The fourth-order valence-electron chi connectivity index (χ4n) is 2.91. The lowest BCUT2D eigenvalue weighted by molar-refractivity contribution is 0.0953. The van der Waals surface area contributed by atoms with Gasteiger partial charge in [-0.1, -0.05) is 25.7 Å². The number of hydrogen-bond donors (Lipinski definition) is 2. The van der Waals surface area contributed by atoms with Crippen LogP contribution in [0.25, 0.3) is 0 Å². The Balaban J connectivity index is 0.00000242. The molecule has 0 heterocycles. The van der Waals surface area contributed by atoms with Crippen LogP contribution >= 0.6 is 12.4 Å². The zero-order chi connectivity index (χ0) is 15.1. The minimum atomic E-state index is -0.306. The number of benzene rings is 1. The molecule has 0 aromatic heterocycles. The summed E-state index contributed by atoms with van der Waals surface area (Å²) in [7, 11) is 0. The van der Waals surface area contributed by atoms with E-state index in [-0.39, 0.29) is 24.1 Å². The molecule has 1 saturated carbocycles. The highest BCUT2D eigenvalue weighted by Gasteiger charge is 2.12. The normalized spacial score (nSPS) is 15.7. The van der Waals surface area contributed by atoms with Crippen LogP contribution in [0.2, 0.25) is 0 Å². The summed E-state index contributed by atoms with van der Waals surface area (Å²) >= 11 is 0. The Morgan fingerprint density at radius 2 is 1.86 bits per heavy atom. The molecule has 1 aliphatic rings. The van der Waals surface area contributed by atoms with E-state index < -0.39 is 0 Å². The van der Waals surface area contributed by atoms with Gasteiger partial charge in [-0.2, -0.15) is 0 Å². The summed E-state index contributed by atoms with van der Waals surface area (Å²) in [4.78, 5) is 12.0. The maximum atomic E-state index is 13.0. The van der Waals surface area contributed by atoms with Gasteiger partial charge in [0.2, 0.25) is 0 Å². The van der Waals surface area contributed by atoms with E-state index in [2.05, 4.69) is 10.6 Å². The highest BCUT2D eigenvalue weighted by atomic mass is 35.5. The number of hydrogen-bond acceptors (Lipinski definition) is 2.